The van der Waals surface area contributed by atoms with E-state index < -0.39 is 11.8 Å². The zero-order valence-electron chi connectivity index (χ0n) is 13.4. The topological polar surface area (TPSA) is 73.5 Å². The van der Waals surface area contributed by atoms with E-state index >= 15 is 0 Å². The van der Waals surface area contributed by atoms with Gasteiger partial charge in [-0.3, -0.25) is 9.36 Å². The minimum absolute atomic E-state index is 0.0434. The maximum absolute atomic E-state index is 14.2. The molecule has 0 saturated heterocycles. The number of fused-ring (bicyclic) bond motifs is 1. The third-order valence-corrected chi connectivity index (χ3v) is 4.33. The molecule has 25 heavy (non-hydrogen) atoms. The molecule has 2 heterocycles. The Morgan fingerprint density at radius 1 is 1.40 bits per heavy atom. The number of benzene rings is 1. The van der Waals surface area contributed by atoms with E-state index in [1.165, 1.54) is 36.1 Å². The largest absolute Gasteiger partial charge is 0.463 e. The summed E-state index contributed by atoms with van der Waals surface area (Å²) in [5.74, 6) is -1.06. The van der Waals surface area contributed by atoms with Gasteiger partial charge in [-0.25, -0.2) is 9.18 Å². The Kier molecular flexibility index (Phi) is 4.80. The Hall–Kier alpha value is -2.36. The van der Waals surface area contributed by atoms with Gasteiger partial charge in [-0.1, -0.05) is 0 Å². The number of hydrogen-bond acceptors (Lipinski definition) is 5. The number of esters is 1. The molecule has 3 aromatic rings. The van der Waals surface area contributed by atoms with Crippen LogP contribution in [0, 0.1) is 9.39 Å². The molecule has 0 aliphatic rings. The normalized spacial score (nSPS) is 10.9. The second-order valence-electron chi connectivity index (χ2n) is 5.22. The van der Waals surface area contributed by atoms with Gasteiger partial charge in [0.2, 0.25) is 0 Å². The highest BCUT2D eigenvalue weighted by Crippen LogP contribution is 2.29. The minimum Gasteiger partial charge on any atom is -0.463 e. The van der Waals surface area contributed by atoms with Crippen LogP contribution >= 0.6 is 22.6 Å². The average Bonchev–Trinajstić information content (AvgIpc) is 3.04. The van der Waals surface area contributed by atoms with Gasteiger partial charge in [0, 0.05) is 10.6 Å². The molecule has 130 valence electrons. The standard InChI is InChI=1S/C17H14FIN2O4/c1-3-24-17(23)13-14-10(6-7-25-14)16(22)21(2)15(13)20-12-5-4-9(19)8-11(12)18/h4-8,20H,3H2,1-2H3. The molecular weight excluding hydrogens is 442 g/mol. The lowest BCUT2D eigenvalue weighted by Gasteiger charge is -2.16. The number of nitrogens with one attached hydrogen (secondary N) is 1. The first-order valence-electron chi connectivity index (χ1n) is 7.43. The van der Waals surface area contributed by atoms with Gasteiger partial charge in [0.1, 0.15) is 17.2 Å². The van der Waals surface area contributed by atoms with Gasteiger partial charge < -0.3 is 14.5 Å². The van der Waals surface area contributed by atoms with Crippen LogP contribution in [0.4, 0.5) is 15.9 Å². The number of furan rings is 1. The first-order chi connectivity index (χ1) is 11.9. The van der Waals surface area contributed by atoms with Crippen molar-refractivity contribution < 1.29 is 18.3 Å². The van der Waals surface area contributed by atoms with E-state index in [2.05, 4.69) is 5.32 Å². The highest BCUT2D eigenvalue weighted by Gasteiger charge is 2.25. The summed E-state index contributed by atoms with van der Waals surface area (Å²) in [6.07, 6.45) is 1.32. The molecule has 0 radical (unpaired) electrons. The number of pyridine rings is 1. The summed E-state index contributed by atoms with van der Waals surface area (Å²) in [6.45, 7) is 1.83. The van der Waals surface area contributed by atoms with Gasteiger partial charge in [0.05, 0.1) is 23.9 Å². The number of aromatic nitrogens is 1. The molecule has 0 saturated carbocycles. The van der Waals surface area contributed by atoms with E-state index in [1.54, 1.807) is 13.0 Å². The quantitative estimate of drug-likeness (QED) is 0.478. The van der Waals surface area contributed by atoms with Crippen LogP contribution in [0.3, 0.4) is 0 Å². The fraction of sp³-hybridized carbons (Fsp3) is 0.176. The van der Waals surface area contributed by atoms with Crippen molar-refractivity contribution in [1.82, 2.24) is 4.57 Å². The zero-order valence-corrected chi connectivity index (χ0v) is 15.6. The second-order valence-corrected chi connectivity index (χ2v) is 6.47. The predicted molar refractivity (Wildman–Crippen MR) is 99.8 cm³/mol. The molecule has 0 spiro atoms. The molecule has 1 N–H and O–H groups in total. The molecule has 0 aliphatic heterocycles. The van der Waals surface area contributed by atoms with E-state index in [0.717, 1.165) is 3.57 Å². The summed E-state index contributed by atoms with van der Waals surface area (Å²) in [7, 11) is 1.49. The molecule has 0 atom stereocenters. The Bertz CT molecular complexity index is 1030. The number of rotatable bonds is 4. The van der Waals surface area contributed by atoms with E-state index in [4.69, 9.17) is 9.15 Å². The molecule has 0 fully saturated rings. The van der Waals surface area contributed by atoms with Crippen molar-refractivity contribution >= 4 is 51.0 Å². The number of hydrogen-bond donors (Lipinski definition) is 1. The fourth-order valence-electron chi connectivity index (χ4n) is 2.49. The Morgan fingerprint density at radius 2 is 2.16 bits per heavy atom. The number of carbonyl (C=O) groups is 1. The summed E-state index contributed by atoms with van der Waals surface area (Å²) in [6, 6.07) is 6.06. The summed E-state index contributed by atoms with van der Waals surface area (Å²) < 4.78 is 26.6. The van der Waals surface area contributed by atoms with Crippen LogP contribution in [0.5, 0.6) is 0 Å². The van der Waals surface area contributed by atoms with Gasteiger partial charge in [-0.15, -0.1) is 0 Å². The molecule has 8 heteroatoms. The second kappa shape index (κ2) is 6.87. The van der Waals surface area contributed by atoms with E-state index in [9.17, 15) is 14.0 Å². The summed E-state index contributed by atoms with van der Waals surface area (Å²) in [5.41, 5.74) is -0.0889. The molecule has 0 unspecified atom stereocenters. The number of carbonyl (C=O) groups excluding carboxylic acids is 1. The molecule has 3 rings (SSSR count). The van der Waals surface area contributed by atoms with Crippen LogP contribution < -0.4 is 10.9 Å². The SMILES string of the molecule is CCOC(=O)c1c(Nc2ccc(I)cc2F)n(C)c(=O)c2ccoc12. The number of halogens is 2. The van der Waals surface area contributed by atoms with Crippen LogP contribution in [0.25, 0.3) is 11.0 Å². The third kappa shape index (κ3) is 3.13. The van der Waals surface area contributed by atoms with Crippen molar-refractivity contribution in [2.45, 2.75) is 6.92 Å². The van der Waals surface area contributed by atoms with Crippen molar-refractivity contribution in [3.8, 4) is 0 Å². The average molecular weight is 456 g/mol. The van der Waals surface area contributed by atoms with Crippen molar-refractivity contribution in [2.24, 2.45) is 7.05 Å². The van der Waals surface area contributed by atoms with Gasteiger partial charge in [0.25, 0.3) is 5.56 Å². The van der Waals surface area contributed by atoms with Crippen molar-refractivity contribution in [1.29, 1.82) is 0 Å². The van der Waals surface area contributed by atoms with Crippen LogP contribution in [0.2, 0.25) is 0 Å². The lowest BCUT2D eigenvalue weighted by molar-refractivity contribution is 0.0528. The minimum atomic E-state index is -0.661. The molecule has 2 aromatic heterocycles. The first-order valence-corrected chi connectivity index (χ1v) is 8.51. The molecule has 6 nitrogen and oxygen atoms in total. The highest BCUT2D eigenvalue weighted by atomic mass is 127. The number of anilines is 2. The molecule has 0 amide bonds. The number of nitrogens with zero attached hydrogens (tertiary/aromatic N) is 1. The van der Waals surface area contributed by atoms with E-state index in [-0.39, 0.29) is 40.2 Å². The monoisotopic (exact) mass is 456 g/mol. The summed E-state index contributed by atoms with van der Waals surface area (Å²) in [5, 5.41) is 3.07. The van der Waals surface area contributed by atoms with Crippen molar-refractivity contribution in [2.75, 3.05) is 11.9 Å². The van der Waals surface area contributed by atoms with Crippen molar-refractivity contribution in [3.05, 3.63) is 55.8 Å². The van der Waals surface area contributed by atoms with Crippen LogP contribution in [0.15, 0.2) is 39.7 Å². The van der Waals surface area contributed by atoms with Crippen LogP contribution in [0.1, 0.15) is 17.3 Å². The predicted octanol–water partition coefficient (Wildman–Crippen LogP) is 3.80. The van der Waals surface area contributed by atoms with Crippen LogP contribution in [-0.2, 0) is 11.8 Å². The smallest absolute Gasteiger partial charge is 0.345 e. The zero-order chi connectivity index (χ0) is 18.1. The van der Waals surface area contributed by atoms with Gasteiger partial charge in [0.15, 0.2) is 5.58 Å². The van der Waals surface area contributed by atoms with Gasteiger partial charge in [-0.05, 0) is 53.8 Å². The molecule has 0 bridgehead atoms. The molecular formula is C17H14FIN2O4. The fourth-order valence-corrected chi connectivity index (χ4v) is 2.94. The molecule has 1 aromatic carbocycles. The van der Waals surface area contributed by atoms with Crippen molar-refractivity contribution in [3.63, 3.8) is 0 Å². The first kappa shape index (κ1) is 17.5. The Labute approximate surface area is 155 Å². The highest BCUT2D eigenvalue weighted by molar-refractivity contribution is 14.1. The van der Waals surface area contributed by atoms with E-state index in [1.807, 2.05) is 22.6 Å². The van der Waals surface area contributed by atoms with Crippen LogP contribution in [-0.4, -0.2) is 17.1 Å². The number of ether oxygens (including phenoxy) is 1. The van der Waals surface area contributed by atoms with Gasteiger partial charge >= 0.3 is 5.97 Å². The summed E-state index contributed by atoms with van der Waals surface area (Å²) in [4.78, 5) is 24.9. The maximum Gasteiger partial charge on any atom is 0.345 e. The summed E-state index contributed by atoms with van der Waals surface area (Å²) >= 11 is 1.99. The maximum atomic E-state index is 14.2. The van der Waals surface area contributed by atoms with Gasteiger partial charge in [-0.2, -0.15) is 0 Å². The lowest BCUT2D eigenvalue weighted by Crippen LogP contribution is -2.23. The lowest BCUT2D eigenvalue weighted by atomic mass is 10.2. The molecule has 0 aliphatic carbocycles. The van der Waals surface area contributed by atoms with E-state index in [0.29, 0.717) is 0 Å². The Balaban J connectivity index is 2.25. The Morgan fingerprint density at radius 3 is 2.84 bits per heavy atom. The third-order valence-electron chi connectivity index (χ3n) is 3.66.